The average Bonchev–Trinajstić information content (AvgIpc) is 2.93. The highest BCUT2D eigenvalue weighted by molar-refractivity contribution is 5.95. The Balaban J connectivity index is 1.47. The molecule has 0 N–H and O–H groups in total. The van der Waals surface area contributed by atoms with E-state index in [0.29, 0.717) is 67.8 Å². The summed E-state index contributed by atoms with van der Waals surface area (Å²) >= 11 is 0. The molecule has 3 heterocycles. The molecule has 36 heavy (non-hydrogen) atoms. The molecule has 0 spiro atoms. The van der Waals surface area contributed by atoms with Gasteiger partial charge in [-0.2, -0.15) is 4.98 Å². The summed E-state index contributed by atoms with van der Waals surface area (Å²) in [6.07, 6.45) is 0.516. The van der Waals surface area contributed by atoms with Crippen molar-refractivity contribution in [3.63, 3.8) is 0 Å². The second-order valence-electron chi connectivity index (χ2n) is 8.43. The van der Waals surface area contributed by atoms with Gasteiger partial charge in [0, 0.05) is 31.6 Å². The molecule has 2 aromatic carbocycles. The van der Waals surface area contributed by atoms with Gasteiger partial charge in [0.2, 0.25) is 11.8 Å². The molecular formula is C26H27FN4O5. The van der Waals surface area contributed by atoms with Crippen LogP contribution in [0.3, 0.4) is 0 Å². The minimum Gasteiger partial charge on any atom is -0.493 e. The number of hydrogen-bond acceptors (Lipinski definition) is 8. The molecule has 0 bridgehead atoms. The maximum atomic E-state index is 14.4. The van der Waals surface area contributed by atoms with Gasteiger partial charge in [0.25, 0.3) is 5.91 Å². The van der Waals surface area contributed by atoms with Crippen LogP contribution in [0.2, 0.25) is 0 Å². The zero-order valence-electron chi connectivity index (χ0n) is 20.2. The SMILES string of the molecule is COc1ccc(C(=O)N2CCc3nc(N4CCOCC4)nc(Oc4ccccc4F)c3C2)cc1OC. The van der Waals surface area contributed by atoms with E-state index in [1.807, 2.05) is 4.90 Å². The van der Waals surface area contributed by atoms with Crippen molar-refractivity contribution in [2.24, 2.45) is 0 Å². The largest absolute Gasteiger partial charge is 0.493 e. The number of halogens is 1. The zero-order chi connectivity index (χ0) is 25.1. The first kappa shape index (κ1) is 23.8. The number of benzene rings is 2. The Kier molecular flexibility index (Phi) is 6.86. The molecule has 188 valence electrons. The standard InChI is InChI=1S/C26H27FN4O5/c1-33-22-8-7-17(15-23(22)34-2)25(32)31-10-9-20-18(16-31)24(36-21-6-4-3-5-19(21)27)29-26(28-20)30-11-13-35-14-12-30/h3-8,15H,9-14,16H2,1-2H3. The molecule has 1 fully saturated rings. The van der Waals surface area contributed by atoms with Gasteiger partial charge >= 0.3 is 0 Å². The van der Waals surface area contributed by atoms with E-state index in [1.54, 1.807) is 48.4 Å². The molecular weight excluding hydrogens is 467 g/mol. The lowest BCUT2D eigenvalue weighted by atomic mass is 10.0. The summed E-state index contributed by atoms with van der Waals surface area (Å²) in [5.74, 6) is 1.18. The number of nitrogens with zero attached hydrogens (tertiary/aromatic N) is 4. The Morgan fingerprint density at radius 1 is 0.972 bits per heavy atom. The van der Waals surface area contributed by atoms with Gasteiger partial charge in [-0.3, -0.25) is 4.79 Å². The molecule has 5 rings (SSSR count). The Morgan fingerprint density at radius 2 is 1.75 bits per heavy atom. The third-order valence-electron chi connectivity index (χ3n) is 6.27. The van der Waals surface area contributed by atoms with Crippen LogP contribution in [-0.2, 0) is 17.7 Å². The molecule has 1 aromatic heterocycles. The molecule has 2 aliphatic heterocycles. The Morgan fingerprint density at radius 3 is 2.50 bits per heavy atom. The number of fused-ring (bicyclic) bond motifs is 1. The molecule has 0 aliphatic carbocycles. The van der Waals surface area contributed by atoms with E-state index >= 15 is 0 Å². The van der Waals surface area contributed by atoms with Crippen molar-refractivity contribution in [2.75, 3.05) is 52.0 Å². The lowest BCUT2D eigenvalue weighted by Crippen LogP contribution is -2.39. The lowest BCUT2D eigenvalue weighted by Gasteiger charge is -2.32. The molecule has 0 unspecified atom stereocenters. The molecule has 0 saturated carbocycles. The van der Waals surface area contributed by atoms with Gasteiger partial charge in [-0.05, 0) is 30.3 Å². The first-order valence-corrected chi connectivity index (χ1v) is 11.7. The Labute approximate surface area is 208 Å². The highest BCUT2D eigenvalue weighted by Gasteiger charge is 2.29. The smallest absolute Gasteiger partial charge is 0.254 e. The van der Waals surface area contributed by atoms with Crippen LogP contribution < -0.4 is 19.1 Å². The van der Waals surface area contributed by atoms with Gasteiger partial charge in [0.05, 0.1) is 45.2 Å². The minimum absolute atomic E-state index is 0.0645. The summed E-state index contributed by atoms with van der Waals surface area (Å²) in [4.78, 5) is 26.6. The predicted molar refractivity (Wildman–Crippen MR) is 130 cm³/mol. The van der Waals surface area contributed by atoms with E-state index < -0.39 is 5.82 Å². The number of ether oxygens (including phenoxy) is 4. The Hall–Kier alpha value is -3.92. The zero-order valence-corrected chi connectivity index (χ0v) is 20.2. The summed E-state index contributed by atoms with van der Waals surface area (Å²) < 4.78 is 36.5. The van der Waals surface area contributed by atoms with Gasteiger partial charge in [0.1, 0.15) is 0 Å². The van der Waals surface area contributed by atoms with Gasteiger partial charge < -0.3 is 28.7 Å². The van der Waals surface area contributed by atoms with E-state index in [2.05, 4.69) is 4.98 Å². The predicted octanol–water partition coefficient (Wildman–Crippen LogP) is 3.46. The summed E-state index contributed by atoms with van der Waals surface area (Å²) in [5, 5.41) is 0. The summed E-state index contributed by atoms with van der Waals surface area (Å²) in [6, 6.07) is 11.2. The topological polar surface area (TPSA) is 86.3 Å². The van der Waals surface area contributed by atoms with Crippen LogP contribution in [0.5, 0.6) is 23.1 Å². The number of rotatable bonds is 6. The molecule has 3 aromatic rings. The molecule has 2 aliphatic rings. The van der Waals surface area contributed by atoms with Gasteiger partial charge in [0.15, 0.2) is 23.1 Å². The number of anilines is 1. The first-order chi connectivity index (χ1) is 17.6. The van der Waals surface area contributed by atoms with Gasteiger partial charge in [-0.1, -0.05) is 12.1 Å². The second-order valence-corrected chi connectivity index (χ2v) is 8.43. The normalized spacial score (nSPS) is 15.3. The molecule has 9 nitrogen and oxygen atoms in total. The van der Waals surface area contributed by atoms with Gasteiger partial charge in [-0.15, -0.1) is 0 Å². The molecule has 1 amide bonds. The fourth-order valence-electron chi connectivity index (χ4n) is 4.32. The van der Waals surface area contributed by atoms with Crippen LogP contribution in [0.15, 0.2) is 42.5 Å². The number of para-hydroxylation sites is 1. The van der Waals surface area contributed by atoms with Crippen LogP contribution in [0.4, 0.5) is 10.3 Å². The van der Waals surface area contributed by atoms with Crippen LogP contribution in [-0.4, -0.2) is 67.8 Å². The van der Waals surface area contributed by atoms with Gasteiger partial charge in [-0.25, -0.2) is 9.37 Å². The van der Waals surface area contributed by atoms with Crippen molar-refractivity contribution < 1.29 is 28.1 Å². The summed E-state index contributed by atoms with van der Waals surface area (Å²) in [6.45, 7) is 3.17. The minimum atomic E-state index is -0.494. The fourth-order valence-corrected chi connectivity index (χ4v) is 4.32. The van der Waals surface area contributed by atoms with E-state index in [0.717, 1.165) is 5.69 Å². The highest BCUT2D eigenvalue weighted by atomic mass is 19.1. The van der Waals surface area contributed by atoms with Crippen LogP contribution in [0.25, 0.3) is 0 Å². The highest BCUT2D eigenvalue weighted by Crippen LogP contribution is 2.34. The number of carbonyl (C=O) groups excluding carboxylic acids is 1. The number of carbonyl (C=O) groups is 1. The molecule has 10 heteroatoms. The Bertz CT molecular complexity index is 1270. The van der Waals surface area contributed by atoms with Crippen LogP contribution in [0, 0.1) is 5.82 Å². The van der Waals surface area contributed by atoms with Crippen LogP contribution in [0.1, 0.15) is 21.6 Å². The monoisotopic (exact) mass is 494 g/mol. The van der Waals surface area contributed by atoms with E-state index in [4.69, 9.17) is 23.9 Å². The first-order valence-electron chi connectivity index (χ1n) is 11.7. The number of amides is 1. The quantitative estimate of drug-likeness (QED) is 0.515. The van der Waals surface area contributed by atoms with Crippen molar-refractivity contribution in [3.8, 4) is 23.1 Å². The molecule has 0 atom stereocenters. The van der Waals surface area contributed by atoms with E-state index in [9.17, 15) is 9.18 Å². The second kappa shape index (κ2) is 10.4. The van der Waals surface area contributed by atoms with Crippen molar-refractivity contribution in [1.82, 2.24) is 14.9 Å². The van der Waals surface area contributed by atoms with Crippen LogP contribution >= 0.6 is 0 Å². The lowest BCUT2D eigenvalue weighted by molar-refractivity contribution is 0.0731. The third-order valence-corrected chi connectivity index (χ3v) is 6.27. The molecule has 1 saturated heterocycles. The maximum Gasteiger partial charge on any atom is 0.254 e. The van der Waals surface area contributed by atoms with E-state index in [1.165, 1.54) is 13.2 Å². The summed E-state index contributed by atoms with van der Waals surface area (Å²) in [7, 11) is 3.07. The maximum absolute atomic E-state index is 14.4. The number of methoxy groups -OCH3 is 2. The fraction of sp³-hybridized carbons (Fsp3) is 0.346. The third kappa shape index (κ3) is 4.76. The van der Waals surface area contributed by atoms with E-state index in [-0.39, 0.29) is 24.1 Å². The van der Waals surface area contributed by atoms with Crippen molar-refractivity contribution in [1.29, 1.82) is 0 Å². The average molecular weight is 495 g/mol. The number of hydrogen-bond donors (Lipinski definition) is 0. The summed E-state index contributed by atoms with van der Waals surface area (Å²) in [5.41, 5.74) is 1.92. The van der Waals surface area contributed by atoms with Crippen molar-refractivity contribution >= 4 is 11.9 Å². The molecule has 0 radical (unpaired) electrons. The number of aromatic nitrogens is 2. The number of morpholine rings is 1. The van der Waals surface area contributed by atoms with Crippen molar-refractivity contribution in [3.05, 3.63) is 65.1 Å². The van der Waals surface area contributed by atoms with Crippen molar-refractivity contribution in [2.45, 2.75) is 13.0 Å².